The van der Waals surface area contributed by atoms with Crippen LogP contribution in [-0.2, 0) is 40.6 Å². The first-order valence-electron chi connectivity index (χ1n) is 10.6. The molecule has 2 aromatic rings. The van der Waals surface area contributed by atoms with E-state index in [1.807, 2.05) is 0 Å². The molecule has 12 nitrogen and oxygen atoms in total. The summed E-state index contributed by atoms with van der Waals surface area (Å²) in [5, 5.41) is 3.32. The van der Waals surface area contributed by atoms with Gasteiger partial charge in [0.15, 0.2) is 11.6 Å². The quantitative estimate of drug-likeness (QED) is 0.0824. The van der Waals surface area contributed by atoms with Crippen LogP contribution in [-0.4, -0.2) is 51.7 Å². The summed E-state index contributed by atoms with van der Waals surface area (Å²) in [4.78, 5) is 34.5. The molecule has 0 amide bonds. The number of hydrogen-bond donors (Lipinski definition) is 3. The van der Waals surface area contributed by atoms with Gasteiger partial charge in [-0.15, -0.1) is 0 Å². The highest BCUT2D eigenvalue weighted by molar-refractivity contribution is 7.89. The van der Waals surface area contributed by atoms with Crippen molar-refractivity contribution >= 4 is 27.9 Å². The van der Waals surface area contributed by atoms with Gasteiger partial charge in [0, 0.05) is 6.42 Å². The van der Waals surface area contributed by atoms with Crippen LogP contribution in [0.2, 0.25) is 0 Å². The first-order valence-corrected chi connectivity index (χ1v) is 12.1. The summed E-state index contributed by atoms with van der Waals surface area (Å²) in [5.41, 5.74) is 10.4. The van der Waals surface area contributed by atoms with Gasteiger partial charge in [-0.3, -0.25) is 0 Å². The van der Waals surface area contributed by atoms with Gasteiger partial charge in [-0.25, -0.2) is 36.6 Å². The number of nitrogens with two attached hydrogens (primary N) is 2. The van der Waals surface area contributed by atoms with Crippen LogP contribution in [0.4, 0.5) is 22.0 Å². The second kappa shape index (κ2) is 13.6. The molecule has 214 valence electrons. The fraction of sp³-hybridized carbons (Fsp3) is 0.286. The Morgan fingerprint density at radius 1 is 0.974 bits per heavy atom. The van der Waals surface area contributed by atoms with E-state index in [1.165, 1.54) is 24.3 Å². The number of carbonyl (C=O) groups is 2. The Morgan fingerprint density at radius 2 is 1.64 bits per heavy atom. The number of oxime groups is 1. The zero-order chi connectivity index (χ0) is 29.2. The molecule has 0 radical (unpaired) electrons. The van der Waals surface area contributed by atoms with Crippen LogP contribution in [0.1, 0.15) is 12.0 Å². The van der Waals surface area contributed by atoms with Crippen molar-refractivity contribution in [1.82, 2.24) is 4.72 Å². The van der Waals surface area contributed by atoms with Gasteiger partial charge in [0.1, 0.15) is 18.4 Å². The van der Waals surface area contributed by atoms with Crippen molar-refractivity contribution in [3.8, 4) is 5.75 Å². The van der Waals surface area contributed by atoms with Crippen LogP contribution in [0, 0.1) is 11.6 Å². The predicted octanol–water partition coefficient (Wildman–Crippen LogP) is 1.39. The Bertz CT molecular complexity index is 1290. The minimum atomic E-state index is -5.51. The van der Waals surface area contributed by atoms with Crippen LogP contribution >= 0.6 is 0 Å². The Labute approximate surface area is 217 Å². The highest BCUT2D eigenvalue weighted by atomic mass is 32.2. The first-order chi connectivity index (χ1) is 18.2. The van der Waals surface area contributed by atoms with Gasteiger partial charge in [-0.1, -0.05) is 12.1 Å². The monoisotopic (exact) mass is 584 g/mol. The van der Waals surface area contributed by atoms with Gasteiger partial charge in [0.05, 0.1) is 11.5 Å². The highest BCUT2D eigenvalue weighted by Gasteiger charge is 2.43. The summed E-state index contributed by atoms with van der Waals surface area (Å²) >= 11 is 0. The molecule has 39 heavy (non-hydrogen) atoms. The molecule has 0 saturated heterocycles. The maximum atomic E-state index is 13.5. The Hall–Kier alpha value is -4.19. The highest BCUT2D eigenvalue weighted by Crippen LogP contribution is 2.19. The van der Waals surface area contributed by atoms with Crippen LogP contribution < -0.4 is 20.9 Å². The van der Waals surface area contributed by atoms with Crippen molar-refractivity contribution in [2.75, 3.05) is 13.2 Å². The fourth-order valence-corrected chi connectivity index (χ4v) is 3.84. The van der Waals surface area contributed by atoms with E-state index in [2.05, 4.69) is 14.9 Å². The average molecular weight is 584 g/mol. The molecule has 0 aliphatic heterocycles. The molecule has 0 unspecified atom stereocenters. The van der Waals surface area contributed by atoms with Crippen molar-refractivity contribution in [2.24, 2.45) is 16.6 Å². The predicted molar refractivity (Wildman–Crippen MR) is 121 cm³/mol. The van der Waals surface area contributed by atoms with Crippen LogP contribution in [0.15, 0.2) is 52.5 Å². The number of nitrogens with one attached hydrogen (secondary N) is 1. The zero-order valence-corrected chi connectivity index (χ0v) is 20.4. The van der Waals surface area contributed by atoms with Gasteiger partial charge < -0.3 is 21.0 Å². The molecule has 2 rings (SSSR count). The number of halogens is 5. The molecule has 1 atom stereocenters. The van der Waals surface area contributed by atoms with E-state index in [-0.39, 0.29) is 24.7 Å². The number of ether oxygens (including phenoxy) is 1. The van der Waals surface area contributed by atoms with E-state index in [9.17, 15) is 40.0 Å². The summed E-state index contributed by atoms with van der Waals surface area (Å²) in [6, 6.07) is 5.18. The molecule has 0 aliphatic rings. The van der Waals surface area contributed by atoms with Crippen molar-refractivity contribution in [1.29, 1.82) is 0 Å². The standard InChI is InChI=1S/C21H21F5N4O8S/c22-15-7-6-14(11-16(15)23)39(33,34)30-17(18(31)37-38-19(32)21(24,25)26)10-12-2-4-13(5-3-12)35-8-1-9-36-29-20(27)28/h2-7,11,17,30H,1,8-10H2,(H4,27,28,29)/t17-/m0/s1. The third-order valence-electron chi connectivity index (χ3n) is 4.40. The van der Waals surface area contributed by atoms with Crippen LogP contribution in [0.25, 0.3) is 0 Å². The Morgan fingerprint density at radius 3 is 2.23 bits per heavy atom. The number of hydrogen-bond acceptors (Lipinski definition) is 9. The molecule has 18 heteroatoms. The number of carbonyl (C=O) groups excluding carboxylic acids is 2. The molecule has 0 aromatic heterocycles. The summed E-state index contributed by atoms with van der Waals surface area (Å²) in [6.45, 7) is 0.337. The first kappa shape index (κ1) is 31.0. The molecular formula is C21H21F5N4O8S. The summed E-state index contributed by atoms with van der Waals surface area (Å²) in [5.74, 6) is -7.38. The van der Waals surface area contributed by atoms with Gasteiger partial charge in [-0.05, 0) is 47.5 Å². The van der Waals surface area contributed by atoms with E-state index < -0.39 is 57.1 Å². The summed E-state index contributed by atoms with van der Waals surface area (Å²) < 4.78 is 96.3. The van der Waals surface area contributed by atoms with Gasteiger partial charge in [0.2, 0.25) is 16.0 Å². The zero-order valence-electron chi connectivity index (χ0n) is 19.6. The minimum absolute atomic E-state index is 0.150. The van der Waals surface area contributed by atoms with E-state index >= 15 is 0 Å². The molecule has 5 N–H and O–H groups in total. The molecular weight excluding hydrogens is 563 g/mol. The van der Waals surface area contributed by atoms with Crippen molar-refractivity contribution in [3.05, 3.63) is 59.7 Å². The van der Waals surface area contributed by atoms with Crippen LogP contribution in [0.3, 0.4) is 0 Å². The molecule has 0 spiro atoms. The third kappa shape index (κ3) is 10.2. The molecule has 0 aliphatic carbocycles. The van der Waals surface area contributed by atoms with Crippen LogP contribution in [0.5, 0.6) is 5.75 Å². The maximum Gasteiger partial charge on any atom is 0.495 e. The number of alkyl halides is 3. The number of sulfonamides is 1. The smallest absolute Gasteiger partial charge is 0.493 e. The van der Waals surface area contributed by atoms with Crippen molar-refractivity contribution in [3.63, 3.8) is 0 Å². The van der Waals surface area contributed by atoms with Crippen molar-refractivity contribution in [2.45, 2.75) is 30.0 Å². The maximum absolute atomic E-state index is 13.5. The number of guanidine groups is 1. The SMILES string of the molecule is NC(N)=NOCCCOc1ccc(C[C@H](NS(=O)(=O)c2ccc(F)c(F)c2)C(=O)OOC(=O)C(F)(F)F)cc1. The number of rotatable bonds is 12. The second-order valence-corrected chi connectivity index (χ2v) is 9.13. The van der Waals surface area contributed by atoms with E-state index in [0.29, 0.717) is 30.4 Å². The summed E-state index contributed by atoms with van der Waals surface area (Å²) in [6.07, 6.45) is -5.64. The summed E-state index contributed by atoms with van der Waals surface area (Å²) in [7, 11) is -4.75. The lowest BCUT2D eigenvalue weighted by Gasteiger charge is -2.17. The number of nitrogens with zero attached hydrogens (tertiary/aromatic N) is 1. The van der Waals surface area contributed by atoms with E-state index in [4.69, 9.17) is 21.0 Å². The lowest BCUT2D eigenvalue weighted by molar-refractivity contribution is -0.286. The second-order valence-electron chi connectivity index (χ2n) is 7.42. The molecule has 0 heterocycles. The van der Waals surface area contributed by atoms with Crippen molar-refractivity contribution < 1.29 is 59.3 Å². The van der Waals surface area contributed by atoms with Gasteiger partial charge >= 0.3 is 18.1 Å². The fourth-order valence-electron chi connectivity index (χ4n) is 2.65. The minimum Gasteiger partial charge on any atom is -0.493 e. The average Bonchev–Trinajstić information content (AvgIpc) is 2.85. The van der Waals surface area contributed by atoms with Gasteiger partial charge in [-0.2, -0.15) is 17.9 Å². The van der Waals surface area contributed by atoms with E-state index in [0.717, 1.165) is 0 Å². The molecule has 0 bridgehead atoms. The largest absolute Gasteiger partial charge is 0.495 e. The Kier molecular flexibility index (Phi) is 10.8. The number of benzene rings is 2. The van der Waals surface area contributed by atoms with Gasteiger partial charge in [0.25, 0.3) is 0 Å². The topological polar surface area (TPSA) is 182 Å². The molecule has 2 aromatic carbocycles. The lowest BCUT2D eigenvalue weighted by atomic mass is 10.1. The Balaban J connectivity index is 2.13. The van der Waals surface area contributed by atoms with E-state index in [1.54, 1.807) is 4.72 Å². The third-order valence-corrected chi connectivity index (χ3v) is 5.87. The molecule has 0 fully saturated rings. The molecule has 0 saturated carbocycles. The lowest BCUT2D eigenvalue weighted by Crippen LogP contribution is -2.44. The normalized spacial score (nSPS) is 12.2.